The lowest BCUT2D eigenvalue weighted by molar-refractivity contribution is 0.272. The number of nitrogens with two attached hydrogens (primary N) is 1. The third-order valence-corrected chi connectivity index (χ3v) is 3.60. The van der Waals surface area contributed by atoms with Crippen LogP contribution in [0.2, 0.25) is 0 Å². The summed E-state index contributed by atoms with van der Waals surface area (Å²) >= 11 is 0. The van der Waals surface area contributed by atoms with Gasteiger partial charge >= 0.3 is 0 Å². The van der Waals surface area contributed by atoms with Crippen molar-refractivity contribution in [2.45, 2.75) is 25.7 Å². The van der Waals surface area contributed by atoms with Crippen LogP contribution in [0.25, 0.3) is 0 Å². The fourth-order valence-electron chi connectivity index (χ4n) is 2.16. The first-order chi connectivity index (χ1) is 7.01. The van der Waals surface area contributed by atoms with Crippen molar-refractivity contribution < 1.29 is 8.42 Å². The third kappa shape index (κ3) is 5.46. The van der Waals surface area contributed by atoms with Gasteiger partial charge in [-0.1, -0.05) is 0 Å². The SMILES string of the molecule is CNCC1CCC(CNS(N)(=O)=O)CC1. The molecule has 0 bridgehead atoms. The van der Waals surface area contributed by atoms with Gasteiger partial charge in [0, 0.05) is 6.54 Å². The summed E-state index contributed by atoms with van der Waals surface area (Å²) in [5, 5.41) is 8.06. The van der Waals surface area contributed by atoms with Crippen molar-refractivity contribution in [1.29, 1.82) is 0 Å². The summed E-state index contributed by atoms with van der Waals surface area (Å²) in [5.74, 6) is 1.21. The lowest BCUT2D eigenvalue weighted by Crippen LogP contribution is -2.36. The van der Waals surface area contributed by atoms with Crippen LogP contribution in [-0.2, 0) is 10.2 Å². The van der Waals surface area contributed by atoms with Gasteiger partial charge in [0.05, 0.1) is 0 Å². The van der Waals surface area contributed by atoms with Crippen molar-refractivity contribution >= 4 is 10.2 Å². The van der Waals surface area contributed by atoms with Gasteiger partial charge in [-0.05, 0) is 51.1 Å². The zero-order valence-corrected chi connectivity index (χ0v) is 10.0. The van der Waals surface area contributed by atoms with Crippen LogP contribution in [0.4, 0.5) is 0 Å². The van der Waals surface area contributed by atoms with Crippen LogP contribution in [0.3, 0.4) is 0 Å². The average Bonchev–Trinajstić information content (AvgIpc) is 2.16. The molecule has 0 aromatic rings. The minimum atomic E-state index is -3.51. The monoisotopic (exact) mass is 235 g/mol. The Bertz CT molecular complexity index is 271. The smallest absolute Gasteiger partial charge is 0.274 e. The fraction of sp³-hybridized carbons (Fsp3) is 1.00. The van der Waals surface area contributed by atoms with Crippen LogP contribution in [0, 0.1) is 11.8 Å². The molecule has 0 heterocycles. The molecule has 0 aliphatic heterocycles. The summed E-state index contributed by atoms with van der Waals surface area (Å²) in [6, 6.07) is 0. The quantitative estimate of drug-likeness (QED) is 0.617. The summed E-state index contributed by atoms with van der Waals surface area (Å²) in [5.41, 5.74) is 0. The molecule has 1 rings (SSSR count). The average molecular weight is 235 g/mol. The highest BCUT2D eigenvalue weighted by Gasteiger charge is 2.21. The normalized spacial score (nSPS) is 27.9. The van der Waals surface area contributed by atoms with Crippen molar-refractivity contribution in [2.75, 3.05) is 20.1 Å². The first kappa shape index (κ1) is 12.9. The molecule has 1 aliphatic carbocycles. The molecule has 0 atom stereocenters. The van der Waals surface area contributed by atoms with E-state index in [2.05, 4.69) is 10.0 Å². The van der Waals surface area contributed by atoms with E-state index < -0.39 is 10.2 Å². The molecule has 0 unspecified atom stereocenters. The van der Waals surface area contributed by atoms with Crippen molar-refractivity contribution in [3.63, 3.8) is 0 Å². The van der Waals surface area contributed by atoms with Gasteiger partial charge in [0.15, 0.2) is 0 Å². The van der Waals surface area contributed by atoms with Crippen molar-refractivity contribution in [3.05, 3.63) is 0 Å². The van der Waals surface area contributed by atoms with Gasteiger partial charge in [0.2, 0.25) is 0 Å². The zero-order valence-electron chi connectivity index (χ0n) is 9.20. The molecule has 0 aromatic heterocycles. The highest BCUT2D eigenvalue weighted by molar-refractivity contribution is 7.87. The Hall–Kier alpha value is -0.170. The second-order valence-corrected chi connectivity index (χ2v) is 5.72. The largest absolute Gasteiger partial charge is 0.319 e. The molecular formula is C9H21N3O2S. The Balaban J connectivity index is 2.20. The van der Waals surface area contributed by atoms with Gasteiger partial charge in [-0.25, -0.2) is 9.86 Å². The predicted octanol–water partition coefficient (Wildman–Crippen LogP) is -0.195. The van der Waals surface area contributed by atoms with Crippen LogP contribution in [0.5, 0.6) is 0 Å². The molecule has 1 aliphatic rings. The molecule has 15 heavy (non-hydrogen) atoms. The topological polar surface area (TPSA) is 84.2 Å². The van der Waals surface area contributed by atoms with Crippen molar-refractivity contribution in [1.82, 2.24) is 10.0 Å². The minimum Gasteiger partial charge on any atom is -0.319 e. The van der Waals surface area contributed by atoms with E-state index in [9.17, 15) is 8.42 Å². The van der Waals surface area contributed by atoms with Gasteiger partial charge in [0.25, 0.3) is 10.2 Å². The lowest BCUT2D eigenvalue weighted by atomic mass is 9.82. The zero-order chi connectivity index (χ0) is 11.3. The summed E-state index contributed by atoms with van der Waals surface area (Å²) in [6.45, 7) is 1.56. The van der Waals surface area contributed by atoms with Gasteiger partial charge < -0.3 is 5.32 Å². The molecule has 0 aromatic carbocycles. The van der Waals surface area contributed by atoms with E-state index in [1.807, 2.05) is 7.05 Å². The first-order valence-corrected chi connectivity index (χ1v) is 6.98. The molecule has 0 saturated heterocycles. The summed E-state index contributed by atoms with van der Waals surface area (Å²) in [6.07, 6.45) is 4.54. The number of rotatable bonds is 5. The summed E-state index contributed by atoms with van der Waals surface area (Å²) in [7, 11) is -1.54. The number of hydrogen-bond acceptors (Lipinski definition) is 3. The molecule has 5 nitrogen and oxygen atoms in total. The van der Waals surface area contributed by atoms with Crippen LogP contribution in [0.15, 0.2) is 0 Å². The van der Waals surface area contributed by atoms with Gasteiger partial charge in [-0.3, -0.25) is 0 Å². The standard InChI is InChI=1S/C9H21N3O2S/c1-11-6-8-2-4-9(5-3-8)7-12-15(10,13)14/h8-9,11-12H,2-7H2,1H3,(H2,10,13,14). The second-order valence-electron chi connectivity index (χ2n) is 4.34. The van der Waals surface area contributed by atoms with Crippen molar-refractivity contribution in [3.8, 4) is 0 Å². The molecule has 0 amide bonds. The fourth-order valence-corrected chi connectivity index (χ4v) is 2.63. The van der Waals surface area contributed by atoms with Gasteiger partial charge in [0.1, 0.15) is 0 Å². The molecule has 1 saturated carbocycles. The minimum absolute atomic E-state index is 0.455. The highest BCUT2D eigenvalue weighted by atomic mass is 32.2. The Labute approximate surface area is 92.0 Å². The Morgan fingerprint density at radius 3 is 2.00 bits per heavy atom. The highest BCUT2D eigenvalue weighted by Crippen LogP contribution is 2.27. The van der Waals surface area contributed by atoms with Gasteiger partial charge in [-0.2, -0.15) is 8.42 Å². The van der Waals surface area contributed by atoms with E-state index in [4.69, 9.17) is 5.14 Å². The van der Waals surface area contributed by atoms with Crippen LogP contribution in [-0.4, -0.2) is 28.6 Å². The maximum atomic E-state index is 10.7. The van der Waals surface area contributed by atoms with E-state index >= 15 is 0 Å². The number of nitrogens with one attached hydrogen (secondary N) is 2. The predicted molar refractivity (Wildman–Crippen MR) is 60.5 cm³/mol. The Kier molecular flexibility index (Phi) is 4.98. The maximum absolute atomic E-state index is 10.7. The molecule has 1 fully saturated rings. The van der Waals surface area contributed by atoms with Crippen LogP contribution in [0.1, 0.15) is 25.7 Å². The Morgan fingerprint density at radius 1 is 1.13 bits per heavy atom. The maximum Gasteiger partial charge on any atom is 0.274 e. The van der Waals surface area contributed by atoms with Gasteiger partial charge in [-0.15, -0.1) is 0 Å². The molecule has 0 spiro atoms. The first-order valence-electron chi connectivity index (χ1n) is 5.43. The third-order valence-electron chi connectivity index (χ3n) is 3.03. The van der Waals surface area contributed by atoms with E-state index in [0.29, 0.717) is 12.5 Å². The van der Waals surface area contributed by atoms with E-state index in [-0.39, 0.29) is 0 Å². The molecular weight excluding hydrogens is 214 g/mol. The van der Waals surface area contributed by atoms with E-state index in [0.717, 1.165) is 25.3 Å². The molecule has 6 heteroatoms. The van der Waals surface area contributed by atoms with Crippen LogP contribution >= 0.6 is 0 Å². The molecule has 0 radical (unpaired) electrons. The van der Waals surface area contributed by atoms with E-state index in [1.54, 1.807) is 0 Å². The number of hydrogen-bond donors (Lipinski definition) is 3. The van der Waals surface area contributed by atoms with Crippen molar-refractivity contribution in [2.24, 2.45) is 17.0 Å². The second kappa shape index (κ2) is 5.79. The van der Waals surface area contributed by atoms with Crippen LogP contribution < -0.4 is 15.2 Å². The molecule has 4 N–H and O–H groups in total. The lowest BCUT2D eigenvalue weighted by Gasteiger charge is -2.28. The van der Waals surface area contributed by atoms with E-state index in [1.165, 1.54) is 12.8 Å². The molecule has 90 valence electrons. The Morgan fingerprint density at radius 2 is 1.60 bits per heavy atom. The summed E-state index contributed by atoms with van der Waals surface area (Å²) in [4.78, 5) is 0. The summed E-state index contributed by atoms with van der Waals surface area (Å²) < 4.78 is 23.8.